The molecule has 0 atom stereocenters. The molecule has 1 amide bonds. The molecular weight excluding hydrogens is 460 g/mol. The Hall–Kier alpha value is -2.97. The van der Waals surface area contributed by atoms with E-state index in [1.54, 1.807) is 16.8 Å². The molecule has 7 nitrogen and oxygen atoms in total. The van der Waals surface area contributed by atoms with Crippen LogP contribution >= 0.6 is 0 Å². The van der Waals surface area contributed by atoms with Gasteiger partial charge in [0.05, 0.1) is 12.1 Å². The molecule has 1 saturated heterocycles. The molecule has 35 heavy (non-hydrogen) atoms. The highest BCUT2D eigenvalue weighted by molar-refractivity contribution is 7.89. The summed E-state index contributed by atoms with van der Waals surface area (Å²) in [5.74, 6) is 0.0464. The summed E-state index contributed by atoms with van der Waals surface area (Å²) in [6.07, 6.45) is 8.19. The first-order valence-corrected chi connectivity index (χ1v) is 14.0. The summed E-state index contributed by atoms with van der Waals surface area (Å²) in [5, 5.41) is 3.09. The van der Waals surface area contributed by atoms with Gasteiger partial charge in [-0.25, -0.2) is 17.7 Å². The number of nitrogens with zero attached hydrogens (tertiary/aromatic N) is 3. The standard InChI is InChI=1S/C27H34N4O3S/c1-2-3-18-35(33,34)31-15-12-24(13-16-31)27(32)29-19-25-6-4-5-7-26(25)23-10-8-22(9-11-23)20-30-17-14-28-21-30/h4-11,14,17,21,24H,2-3,12-13,15-16,18-20H2,1H3,(H,29,32). The lowest BCUT2D eigenvalue weighted by atomic mass is 9.96. The number of benzene rings is 2. The van der Waals surface area contributed by atoms with Crippen LogP contribution < -0.4 is 5.32 Å². The summed E-state index contributed by atoms with van der Waals surface area (Å²) < 4.78 is 28.4. The van der Waals surface area contributed by atoms with Crippen molar-refractivity contribution in [3.8, 4) is 11.1 Å². The minimum absolute atomic E-state index is 0.00101. The first-order chi connectivity index (χ1) is 17.0. The molecule has 2 heterocycles. The lowest BCUT2D eigenvalue weighted by Gasteiger charge is -2.30. The molecule has 4 rings (SSSR count). The van der Waals surface area contributed by atoms with Crippen molar-refractivity contribution in [2.75, 3.05) is 18.8 Å². The molecule has 0 spiro atoms. The fraction of sp³-hybridized carbons (Fsp3) is 0.407. The average Bonchev–Trinajstić information content (AvgIpc) is 3.40. The first-order valence-electron chi connectivity index (χ1n) is 12.3. The Kier molecular flexibility index (Phi) is 8.36. The highest BCUT2D eigenvalue weighted by Crippen LogP contribution is 2.25. The topological polar surface area (TPSA) is 84.3 Å². The molecule has 0 bridgehead atoms. The summed E-state index contributed by atoms with van der Waals surface area (Å²) >= 11 is 0. The average molecular weight is 495 g/mol. The Balaban J connectivity index is 1.33. The van der Waals surface area contributed by atoms with E-state index in [1.165, 1.54) is 5.56 Å². The van der Waals surface area contributed by atoms with Crippen LogP contribution in [-0.4, -0.2) is 47.0 Å². The Morgan fingerprint density at radius 2 is 1.83 bits per heavy atom. The normalized spacial score (nSPS) is 15.2. The largest absolute Gasteiger partial charge is 0.352 e. The van der Waals surface area contributed by atoms with Gasteiger partial charge in [-0.1, -0.05) is 61.9 Å². The van der Waals surface area contributed by atoms with Crippen LogP contribution in [0, 0.1) is 5.92 Å². The van der Waals surface area contributed by atoms with Gasteiger partial charge in [-0.3, -0.25) is 4.79 Å². The third kappa shape index (κ3) is 6.58. The second-order valence-corrected chi connectivity index (χ2v) is 11.2. The van der Waals surface area contributed by atoms with Crippen molar-refractivity contribution in [1.29, 1.82) is 0 Å². The van der Waals surface area contributed by atoms with Crippen LogP contribution in [0.1, 0.15) is 43.7 Å². The highest BCUT2D eigenvalue weighted by Gasteiger charge is 2.30. The number of amides is 1. The number of unbranched alkanes of at least 4 members (excludes halogenated alkanes) is 1. The second-order valence-electron chi connectivity index (χ2n) is 9.15. The Morgan fingerprint density at radius 1 is 1.09 bits per heavy atom. The maximum Gasteiger partial charge on any atom is 0.223 e. The summed E-state index contributed by atoms with van der Waals surface area (Å²) in [7, 11) is -3.21. The van der Waals surface area contributed by atoms with Crippen LogP contribution in [0.4, 0.5) is 0 Å². The van der Waals surface area contributed by atoms with Crippen LogP contribution in [0.5, 0.6) is 0 Å². The van der Waals surface area contributed by atoms with E-state index in [0.717, 1.165) is 29.7 Å². The van der Waals surface area contributed by atoms with E-state index in [-0.39, 0.29) is 17.6 Å². The molecular formula is C27H34N4O3S. The predicted octanol–water partition coefficient (Wildman–Crippen LogP) is 4.06. The van der Waals surface area contributed by atoms with Gasteiger partial charge in [0, 0.05) is 44.5 Å². The molecule has 1 fully saturated rings. The first kappa shape index (κ1) is 25.1. The van der Waals surface area contributed by atoms with E-state index >= 15 is 0 Å². The van der Waals surface area contributed by atoms with Gasteiger partial charge in [0.15, 0.2) is 0 Å². The maximum absolute atomic E-state index is 12.9. The lowest BCUT2D eigenvalue weighted by molar-refractivity contribution is -0.126. The number of imidazole rings is 1. The number of nitrogens with one attached hydrogen (secondary N) is 1. The van der Waals surface area contributed by atoms with Crippen LogP contribution in [0.25, 0.3) is 11.1 Å². The van der Waals surface area contributed by atoms with Gasteiger partial charge in [0.2, 0.25) is 15.9 Å². The number of rotatable bonds is 10. The Labute approximate surface area is 208 Å². The number of piperidine rings is 1. The molecule has 0 saturated carbocycles. The zero-order valence-electron chi connectivity index (χ0n) is 20.3. The van der Waals surface area contributed by atoms with Crippen molar-refractivity contribution in [1.82, 2.24) is 19.2 Å². The van der Waals surface area contributed by atoms with Crippen LogP contribution in [0.15, 0.2) is 67.3 Å². The molecule has 186 valence electrons. The van der Waals surface area contributed by atoms with Gasteiger partial charge in [-0.15, -0.1) is 0 Å². The van der Waals surface area contributed by atoms with E-state index in [4.69, 9.17) is 0 Å². The Bertz CT molecular complexity index is 1200. The van der Waals surface area contributed by atoms with Gasteiger partial charge < -0.3 is 9.88 Å². The smallest absolute Gasteiger partial charge is 0.223 e. The lowest BCUT2D eigenvalue weighted by Crippen LogP contribution is -2.43. The molecule has 0 unspecified atom stereocenters. The van der Waals surface area contributed by atoms with Crippen LogP contribution in [0.2, 0.25) is 0 Å². The number of sulfonamides is 1. The van der Waals surface area contributed by atoms with Crippen LogP contribution in [-0.2, 0) is 27.9 Å². The molecule has 2 aromatic carbocycles. The third-order valence-electron chi connectivity index (χ3n) is 6.63. The molecule has 1 aliphatic heterocycles. The molecule has 0 radical (unpaired) electrons. The predicted molar refractivity (Wildman–Crippen MR) is 138 cm³/mol. The summed E-state index contributed by atoms with van der Waals surface area (Å²) in [5.41, 5.74) is 4.46. The third-order valence-corrected chi connectivity index (χ3v) is 8.59. The summed E-state index contributed by atoms with van der Waals surface area (Å²) in [4.78, 5) is 16.9. The van der Waals surface area contributed by atoms with E-state index in [1.807, 2.05) is 35.9 Å². The van der Waals surface area contributed by atoms with Crippen LogP contribution in [0.3, 0.4) is 0 Å². The minimum atomic E-state index is -3.21. The van der Waals surface area contributed by atoms with Gasteiger partial charge >= 0.3 is 0 Å². The Morgan fingerprint density at radius 3 is 2.51 bits per heavy atom. The summed E-state index contributed by atoms with van der Waals surface area (Å²) in [6, 6.07) is 16.6. The molecule has 1 aliphatic rings. The fourth-order valence-corrected chi connectivity index (χ4v) is 6.19. The van der Waals surface area contributed by atoms with Gasteiger partial charge in [-0.2, -0.15) is 0 Å². The zero-order chi connectivity index (χ0) is 24.7. The zero-order valence-corrected chi connectivity index (χ0v) is 21.1. The van der Waals surface area contributed by atoms with E-state index < -0.39 is 10.0 Å². The second kappa shape index (κ2) is 11.6. The molecule has 1 N–H and O–H groups in total. The highest BCUT2D eigenvalue weighted by atomic mass is 32.2. The fourth-order valence-electron chi connectivity index (χ4n) is 4.52. The number of carbonyl (C=O) groups excluding carboxylic acids is 1. The number of hydrogen-bond acceptors (Lipinski definition) is 4. The van der Waals surface area contributed by atoms with Crippen molar-refractivity contribution in [3.63, 3.8) is 0 Å². The van der Waals surface area contributed by atoms with Crippen molar-refractivity contribution >= 4 is 15.9 Å². The van der Waals surface area contributed by atoms with E-state index in [0.29, 0.717) is 38.9 Å². The number of carbonyl (C=O) groups is 1. The summed E-state index contributed by atoms with van der Waals surface area (Å²) in [6.45, 7) is 4.05. The van der Waals surface area contributed by atoms with Crippen molar-refractivity contribution in [2.24, 2.45) is 5.92 Å². The molecule has 0 aliphatic carbocycles. The van der Waals surface area contributed by atoms with Crippen molar-refractivity contribution in [2.45, 2.75) is 45.7 Å². The number of aromatic nitrogens is 2. The van der Waals surface area contributed by atoms with E-state index in [2.05, 4.69) is 40.6 Å². The van der Waals surface area contributed by atoms with Gasteiger partial charge in [0.25, 0.3) is 0 Å². The quantitative estimate of drug-likeness (QED) is 0.461. The molecule has 1 aromatic heterocycles. The SMILES string of the molecule is CCCCS(=O)(=O)N1CCC(C(=O)NCc2ccccc2-c2ccc(Cn3ccnc3)cc2)CC1. The van der Waals surface area contributed by atoms with Crippen molar-refractivity contribution in [3.05, 3.63) is 78.4 Å². The molecule has 8 heteroatoms. The number of hydrogen-bond donors (Lipinski definition) is 1. The monoisotopic (exact) mass is 494 g/mol. The maximum atomic E-state index is 12.9. The molecule has 3 aromatic rings. The van der Waals surface area contributed by atoms with Crippen molar-refractivity contribution < 1.29 is 13.2 Å². The van der Waals surface area contributed by atoms with Gasteiger partial charge in [0.1, 0.15) is 0 Å². The van der Waals surface area contributed by atoms with E-state index in [9.17, 15) is 13.2 Å². The van der Waals surface area contributed by atoms with Gasteiger partial charge in [-0.05, 0) is 41.5 Å². The minimum Gasteiger partial charge on any atom is -0.352 e.